The maximum atomic E-state index is 11.7. The number of methoxy groups -OCH3 is 1. The lowest BCUT2D eigenvalue weighted by Gasteiger charge is -2.17. The summed E-state index contributed by atoms with van der Waals surface area (Å²) in [5, 5.41) is 0. The van der Waals surface area contributed by atoms with E-state index in [1.165, 1.54) is 6.26 Å². The second-order valence-corrected chi connectivity index (χ2v) is 7.08. The van der Waals surface area contributed by atoms with Gasteiger partial charge in [0.15, 0.2) is 9.84 Å². The summed E-state index contributed by atoms with van der Waals surface area (Å²) in [6.07, 6.45) is 1.19. The third kappa shape index (κ3) is 3.43. The van der Waals surface area contributed by atoms with Gasteiger partial charge in [0.2, 0.25) is 0 Å². The molecule has 2 rings (SSSR count). The van der Waals surface area contributed by atoms with Crippen LogP contribution in [0.4, 0.5) is 0 Å². The zero-order valence-electron chi connectivity index (χ0n) is 12.3. The first-order chi connectivity index (χ1) is 9.82. The summed E-state index contributed by atoms with van der Waals surface area (Å²) >= 11 is 0. The summed E-state index contributed by atoms with van der Waals surface area (Å²) in [6.45, 7) is 1.97. The van der Waals surface area contributed by atoms with E-state index in [0.29, 0.717) is 5.75 Å². The molecule has 2 aromatic rings. The molecule has 0 aliphatic rings. The van der Waals surface area contributed by atoms with E-state index in [2.05, 4.69) is 0 Å². The molecule has 0 radical (unpaired) electrons. The fourth-order valence-electron chi connectivity index (χ4n) is 2.22. The van der Waals surface area contributed by atoms with Crippen molar-refractivity contribution in [2.45, 2.75) is 17.9 Å². The highest BCUT2D eigenvalue weighted by molar-refractivity contribution is 7.90. The number of hydrogen-bond acceptors (Lipinski definition) is 4. The summed E-state index contributed by atoms with van der Waals surface area (Å²) in [6, 6.07) is 12.0. The molecule has 4 nitrogen and oxygen atoms in total. The van der Waals surface area contributed by atoms with E-state index in [4.69, 9.17) is 10.5 Å². The van der Waals surface area contributed by atoms with Gasteiger partial charge in [-0.3, -0.25) is 0 Å². The lowest BCUT2D eigenvalue weighted by molar-refractivity contribution is 0.407. The fraction of sp³-hybridized carbons (Fsp3) is 0.250. The lowest BCUT2D eigenvalue weighted by Crippen LogP contribution is -2.14. The third-order valence-corrected chi connectivity index (χ3v) is 4.48. The van der Waals surface area contributed by atoms with Gasteiger partial charge >= 0.3 is 0 Å². The maximum Gasteiger partial charge on any atom is 0.175 e. The molecule has 0 amide bonds. The largest absolute Gasteiger partial charge is 0.496 e. The van der Waals surface area contributed by atoms with Crippen LogP contribution in [0.25, 0.3) is 0 Å². The predicted octanol–water partition coefficient (Wildman–Crippen LogP) is 2.46. The van der Waals surface area contributed by atoms with Gasteiger partial charge in [-0.1, -0.05) is 29.8 Å². The standard InChI is InChI=1S/C16H19NO3S/c1-11-7-8-15(20-2)14(9-11)16(17)12-5-4-6-13(10-12)21(3,18)19/h4-10,16H,17H2,1-3H3. The zero-order chi connectivity index (χ0) is 15.6. The van der Waals surface area contributed by atoms with Gasteiger partial charge in [0.1, 0.15) is 5.75 Å². The molecular formula is C16H19NO3S. The second kappa shape index (κ2) is 5.87. The van der Waals surface area contributed by atoms with Crippen molar-refractivity contribution in [2.24, 2.45) is 5.73 Å². The number of aryl methyl sites for hydroxylation is 1. The Morgan fingerprint density at radius 2 is 1.86 bits per heavy atom. The van der Waals surface area contributed by atoms with E-state index in [-0.39, 0.29) is 4.90 Å². The lowest BCUT2D eigenvalue weighted by atomic mass is 9.97. The molecule has 5 heteroatoms. The highest BCUT2D eigenvalue weighted by Gasteiger charge is 2.16. The number of benzene rings is 2. The Morgan fingerprint density at radius 3 is 2.48 bits per heavy atom. The minimum Gasteiger partial charge on any atom is -0.496 e. The molecule has 0 saturated heterocycles. The maximum absolute atomic E-state index is 11.7. The van der Waals surface area contributed by atoms with Crippen molar-refractivity contribution in [1.29, 1.82) is 0 Å². The molecule has 0 heterocycles. The molecule has 0 saturated carbocycles. The first kappa shape index (κ1) is 15.5. The molecule has 0 aromatic heterocycles. The highest BCUT2D eigenvalue weighted by Crippen LogP contribution is 2.30. The van der Waals surface area contributed by atoms with Crippen LogP contribution in [-0.2, 0) is 9.84 Å². The van der Waals surface area contributed by atoms with Crippen LogP contribution in [0, 0.1) is 6.92 Å². The number of sulfone groups is 1. The van der Waals surface area contributed by atoms with Gasteiger partial charge in [-0.25, -0.2) is 8.42 Å². The van der Waals surface area contributed by atoms with Crippen LogP contribution in [0.3, 0.4) is 0 Å². The van der Waals surface area contributed by atoms with Gasteiger partial charge in [-0.2, -0.15) is 0 Å². The highest BCUT2D eigenvalue weighted by atomic mass is 32.2. The van der Waals surface area contributed by atoms with Crippen molar-refractivity contribution in [3.63, 3.8) is 0 Å². The number of ether oxygens (including phenoxy) is 1. The Morgan fingerprint density at radius 1 is 1.14 bits per heavy atom. The van der Waals surface area contributed by atoms with E-state index in [1.54, 1.807) is 25.3 Å². The van der Waals surface area contributed by atoms with E-state index in [9.17, 15) is 8.42 Å². The van der Waals surface area contributed by atoms with Crippen LogP contribution in [-0.4, -0.2) is 21.8 Å². The Labute approximate surface area is 125 Å². The SMILES string of the molecule is COc1ccc(C)cc1C(N)c1cccc(S(C)(=O)=O)c1. The Balaban J connectivity index is 2.50. The Bertz CT molecular complexity index is 754. The average Bonchev–Trinajstić information content (AvgIpc) is 2.45. The van der Waals surface area contributed by atoms with Crippen LogP contribution in [0.5, 0.6) is 5.75 Å². The molecule has 2 aromatic carbocycles. The second-order valence-electron chi connectivity index (χ2n) is 5.07. The summed E-state index contributed by atoms with van der Waals surface area (Å²) in [7, 11) is -1.66. The molecule has 1 unspecified atom stereocenters. The van der Waals surface area contributed by atoms with Crippen molar-refractivity contribution < 1.29 is 13.2 Å². The Kier molecular flexibility index (Phi) is 4.34. The molecule has 0 aliphatic carbocycles. The van der Waals surface area contributed by atoms with Crippen molar-refractivity contribution in [2.75, 3.05) is 13.4 Å². The van der Waals surface area contributed by atoms with Crippen molar-refractivity contribution in [3.05, 3.63) is 59.2 Å². The first-order valence-corrected chi connectivity index (χ1v) is 8.42. The summed E-state index contributed by atoms with van der Waals surface area (Å²) in [5.74, 6) is 0.692. The van der Waals surface area contributed by atoms with Crippen LogP contribution < -0.4 is 10.5 Å². The van der Waals surface area contributed by atoms with Gasteiger partial charge in [-0.05, 0) is 30.7 Å². The molecule has 21 heavy (non-hydrogen) atoms. The zero-order valence-corrected chi connectivity index (χ0v) is 13.1. The molecule has 0 bridgehead atoms. The van der Waals surface area contributed by atoms with E-state index in [1.807, 2.05) is 31.2 Å². The number of rotatable bonds is 4. The molecule has 0 spiro atoms. The summed E-state index contributed by atoms with van der Waals surface area (Å²) < 4.78 is 28.7. The fourth-order valence-corrected chi connectivity index (χ4v) is 2.89. The van der Waals surface area contributed by atoms with Crippen molar-refractivity contribution >= 4 is 9.84 Å². The number of hydrogen-bond donors (Lipinski definition) is 1. The topological polar surface area (TPSA) is 69.4 Å². The predicted molar refractivity (Wildman–Crippen MR) is 83.3 cm³/mol. The third-order valence-electron chi connectivity index (χ3n) is 3.37. The molecule has 2 N–H and O–H groups in total. The summed E-state index contributed by atoms with van der Waals surface area (Å²) in [5.41, 5.74) is 8.94. The van der Waals surface area contributed by atoms with Gasteiger partial charge in [0.25, 0.3) is 0 Å². The monoisotopic (exact) mass is 305 g/mol. The van der Waals surface area contributed by atoms with Crippen LogP contribution in [0.1, 0.15) is 22.7 Å². The van der Waals surface area contributed by atoms with Gasteiger partial charge in [0, 0.05) is 11.8 Å². The minimum atomic E-state index is -3.25. The van der Waals surface area contributed by atoms with Gasteiger partial charge in [-0.15, -0.1) is 0 Å². The summed E-state index contributed by atoms with van der Waals surface area (Å²) in [4.78, 5) is 0.266. The first-order valence-electron chi connectivity index (χ1n) is 6.53. The van der Waals surface area contributed by atoms with Crippen molar-refractivity contribution in [1.82, 2.24) is 0 Å². The van der Waals surface area contributed by atoms with Crippen LogP contribution in [0.2, 0.25) is 0 Å². The Hall–Kier alpha value is -1.85. The van der Waals surface area contributed by atoms with E-state index >= 15 is 0 Å². The molecule has 112 valence electrons. The van der Waals surface area contributed by atoms with E-state index < -0.39 is 15.9 Å². The quantitative estimate of drug-likeness (QED) is 0.942. The normalized spacial score (nSPS) is 13.0. The average molecular weight is 305 g/mol. The minimum absolute atomic E-state index is 0.266. The van der Waals surface area contributed by atoms with Gasteiger partial charge in [0.05, 0.1) is 18.0 Å². The van der Waals surface area contributed by atoms with Crippen molar-refractivity contribution in [3.8, 4) is 5.75 Å². The van der Waals surface area contributed by atoms with Crippen LogP contribution >= 0.6 is 0 Å². The molecule has 0 aliphatic heterocycles. The smallest absolute Gasteiger partial charge is 0.175 e. The number of nitrogens with two attached hydrogens (primary N) is 1. The molecular weight excluding hydrogens is 286 g/mol. The molecule has 0 fully saturated rings. The van der Waals surface area contributed by atoms with E-state index in [0.717, 1.165) is 16.7 Å². The van der Waals surface area contributed by atoms with Crippen LogP contribution in [0.15, 0.2) is 47.4 Å². The molecule has 1 atom stereocenters. The van der Waals surface area contributed by atoms with Gasteiger partial charge < -0.3 is 10.5 Å².